The van der Waals surface area contributed by atoms with Crippen molar-refractivity contribution < 1.29 is 13.2 Å². The second kappa shape index (κ2) is 6.44. The van der Waals surface area contributed by atoms with E-state index >= 15 is 0 Å². The molecule has 1 rings (SSSR count). The number of hydrogen-bond donors (Lipinski definition) is 1. The fourth-order valence-corrected chi connectivity index (χ4v) is 5.27. The lowest BCUT2D eigenvalue weighted by Crippen LogP contribution is -2.37. The number of hydrogen-bond acceptors (Lipinski definition) is 5. The van der Waals surface area contributed by atoms with Gasteiger partial charge >= 0.3 is 0 Å². The molecule has 0 saturated heterocycles. The maximum atomic E-state index is 12.4. The molecule has 1 aromatic heterocycles. The van der Waals surface area contributed by atoms with Gasteiger partial charge in [0.25, 0.3) is 0 Å². The number of likely N-dealkylation sites (N-methyl/N-ethyl adjacent to an activating group) is 1. The smallest absolute Gasteiger partial charge is 0.245 e. The van der Waals surface area contributed by atoms with Gasteiger partial charge in [-0.25, -0.2) is 8.42 Å². The molecular weight excluding hydrogens is 340 g/mol. The molecule has 1 aromatic rings. The van der Waals surface area contributed by atoms with E-state index in [1.807, 2.05) is 0 Å². The third-order valence-corrected chi connectivity index (χ3v) is 6.84. The molecule has 0 fully saturated rings. The van der Waals surface area contributed by atoms with Crippen molar-refractivity contribution in [3.63, 3.8) is 0 Å². The van der Waals surface area contributed by atoms with Crippen LogP contribution in [0.5, 0.6) is 0 Å². The molecule has 0 spiro atoms. The van der Waals surface area contributed by atoms with Crippen molar-refractivity contribution in [1.29, 1.82) is 0 Å². The summed E-state index contributed by atoms with van der Waals surface area (Å²) in [5.74, 6) is 0. The zero-order valence-corrected chi connectivity index (χ0v) is 13.7. The molecule has 0 aromatic carbocycles. The van der Waals surface area contributed by atoms with E-state index in [1.165, 1.54) is 15.6 Å². The molecule has 1 unspecified atom stereocenters. The van der Waals surface area contributed by atoms with Crippen LogP contribution in [-0.4, -0.2) is 39.5 Å². The van der Waals surface area contributed by atoms with Gasteiger partial charge in [0.2, 0.25) is 10.0 Å². The zero-order valence-electron chi connectivity index (χ0n) is 10.5. The lowest BCUT2D eigenvalue weighted by atomic mass is 10.4. The Morgan fingerprint density at radius 3 is 2.67 bits per heavy atom. The Morgan fingerprint density at radius 1 is 1.61 bits per heavy atom. The lowest BCUT2D eigenvalue weighted by molar-refractivity contribution is 0.149. The summed E-state index contributed by atoms with van der Waals surface area (Å²) in [6.07, 6.45) is 0. The van der Waals surface area contributed by atoms with Crippen molar-refractivity contribution in [3.05, 3.63) is 14.7 Å². The highest BCUT2D eigenvalue weighted by Crippen LogP contribution is 2.33. The van der Waals surface area contributed by atoms with E-state index in [0.717, 1.165) is 4.88 Å². The quantitative estimate of drug-likeness (QED) is 0.840. The summed E-state index contributed by atoms with van der Waals surface area (Å²) >= 11 is 4.61. The molecule has 2 N–H and O–H groups in total. The minimum atomic E-state index is -3.52. The van der Waals surface area contributed by atoms with Crippen LogP contribution < -0.4 is 5.73 Å². The number of nitrogens with two attached hydrogens (primary N) is 1. The fourth-order valence-electron chi connectivity index (χ4n) is 1.41. The van der Waals surface area contributed by atoms with Crippen LogP contribution in [0.25, 0.3) is 0 Å². The molecule has 1 atom stereocenters. The van der Waals surface area contributed by atoms with Crippen molar-refractivity contribution in [3.8, 4) is 0 Å². The summed E-state index contributed by atoms with van der Waals surface area (Å²) in [5, 5.41) is 0. The molecule has 104 valence electrons. The molecule has 0 aliphatic carbocycles. The van der Waals surface area contributed by atoms with E-state index in [4.69, 9.17) is 10.5 Å². The van der Waals surface area contributed by atoms with Crippen molar-refractivity contribution in [2.75, 3.05) is 20.8 Å². The van der Waals surface area contributed by atoms with Gasteiger partial charge in [0.15, 0.2) is 0 Å². The molecule has 0 radical (unpaired) electrons. The van der Waals surface area contributed by atoms with Gasteiger partial charge < -0.3 is 10.5 Å². The third-order valence-electron chi connectivity index (χ3n) is 2.59. The lowest BCUT2D eigenvalue weighted by Gasteiger charge is -2.23. The minimum absolute atomic E-state index is 0.229. The first-order valence-corrected chi connectivity index (χ1v) is 8.34. The number of sulfonamides is 1. The number of thiophene rings is 1. The van der Waals surface area contributed by atoms with Crippen LogP contribution in [0.15, 0.2) is 14.7 Å². The Bertz CT molecular complexity index is 501. The third kappa shape index (κ3) is 3.31. The minimum Gasteiger partial charge on any atom is -0.383 e. The first kappa shape index (κ1) is 16.1. The summed E-state index contributed by atoms with van der Waals surface area (Å²) in [5.41, 5.74) is 5.52. The number of nitrogens with zero attached hydrogens (tertiary/aromatic N) is 1. The Kier molecular flexibility index (Phi) is 5.75. The van der Waals surface area contributed by atoms with Gasteiger partial charge in [-0.1, -0.05) is 0 Å². The molecule has 0 aliphatic heterocycles. The average Bonchev–Trinajstić information content (AvgIpc) is 2.70. The van der Waals surface area contributed by atoms with E-state index in [0.29, 0.717) is 16.9 Å². The second-order valence-electron chi connectivity index (χ2n) is 3.88. The SMILES string of the molecule is COCC(C)N(C)S(=O)(=O)c1cc(CN)sc1Br. The molecule has 0 bridgehead atoms. The molecule has 0 saturated carbocycles. The van der Waals surface area contributed by atoms with Crippen LogP contribution in [0.2, 0.25) is 0 Å². The van der Waals surface area contributed by atoms with Gasteiger partial charge in [-0.2, -0.15) is 4.31 Å². The average molecular weight is 357 g/mol. The zero-order chi connectivity index (χ0) is 13.9. The number of ether oxygens (including phenoxy) is 1. The predicted molar refractivity (Wildman–Crippen MR) is 76.2 cm³/mol. The van der Waals surface area contributed by atoms with Crippen LogP contribution in [0, 0.1) is 0 Å². The summed E-state index contributed by atoms with van der Waals surface area (Å²) in [6, 6.07) is 1.38. The van der Waals surface area contributed by atoms with Gasteiger partial charge in [-0.05, 0) is 28.9 Å². The van der Waals surface area contributed by atoms with E-state index in [1.54, 1.807) is 27.1 Å². The normalized spacial score (nSPS) is 14.1. The fraction of sp³-hybridized carbons (Fsp3) is 0.600. The van der Waals surface area contributed by atoms with Crippen LogP contribution in [0.4, 0.5) is 0 Å². The second-order valence-corrected chi connectivity index (χ2v) is 8.30. The van der Waals surface area contributed by atoms with Crippen molar-refractivity contribution >= 4 is 37.3 Å². The predicted octanol–water partition coefficient (Wildman–Crippen LogP) is 1.62. The molecular formula is C10H17BrN2O3S2. The highest BCUT2D eigenvalue weighted by atomic mass is 79.9. The van der Waals surface area contributed by atoms with E-state index < -0.39 is 10.0 Å². The Labute approximate surface area is 120 Å². The molecule has 1 heterocycles. The van der Waals surface area contributed by atoms with Gasteiger partial charge in [0.05, 0.1) is 10.4 Å². The highest BCUT2D eigenvalue weighted by Gasteiger charge is 2.28. The summed E-state index contributed by atoms with van der Waals surface area (Å²) < 4.78 is 31.7. The topological polar surface area (TPSA) is 72.6 Å². The van der Waals surface area contributed by atoms with Gasteiger partial charge in [0.1, 0.15) is 4.90 Å². The molecule has 0 amide bonds. The molecule has 0 aliphatic rings. The van der Waals surface area contributed by atoms with Crippen LogP contribution in [0.1, 0.15) is 11.8 Å². The van der Waals surface area contributed by atoms with Gasteiger partial charge in [-0.15, -0.1) is 11.3 Å². The van der Waals surface area contributed by atoms with Crippen molar-refractivity contribution in [2.24, 2.45) is 5.73 Å². The number of methoxy groups -OCH3 is 1. The molecule has 8 heteroatoms. The summed E-state index contributed by atoms with van der Waals surface area (Å²) in [4.78, 5) is 1.09. The highest BCUT2D eigenvalue weighted by molar-refractivity contribution is 9.11. The Hall–Kier alpha value is 0.01000. The standard InChI is InChI=1S/C10H17BrN2O3S2/c1-7(6-16-3)13(2)18(14,15)9-4-8(5-12)17-10(9)11/h4,7H,5-6,12H2,1-3H3. The largest absolute Gasteiger partial charge is 0.383 e. The van der Waals surface area contributed by atoms with E-state index in [9.17, 15) is 8.42 Å². The van der Waals surface area contributed by atoms with Crippen LogP contribution in [0.3, 0.4) is 0 Å². The monoisotopic (exact) mass is 356 g/mol. The van der Waals surface area contributed by atoms with E-state index in [-0.39, 0.29) is 10.9 Å². The molecule has 5 nitrogen and oxygen atoms in total. The first-order valence-electron chi connectivity index (χ1n) is 5.29. The van der Waals surface area contributed by atoms with Gasteiger partial charge in [0, 0.05) is 31.6 Å². The number of halogens is 1. The first-order chi connectivity index (χ1) is 8.34. The van der Waals surface area contributed by atoms with E-state index in [2.05, 4.69) is 15.9 Å². The Balaban J connectivity index is 3.08. The van der Waals surface area contributed by atoms with Crippen molar-refractivity contribution in [2.45, 2.75) is 24.4 Å². The summed E-state index contributed by atoms with van der Waals surface area (Å²) in [7, 11) is -0.427. The maximum absolute atomic E-state index is 12.4. The van der Waals surface area contributed by atoms with Crippen LogP contribution in [-0.2, 0) is 21.3 Å². The number of rotatable bonds is 6. The van der Waals surface area contributed by atoms with Crippen molar-refractivity contribution in [1.82, 2.24) is 4.31 Å². The molecule has 18 heavy (non-hydrogen) atoms. The summed E-state index contributed by atoms with van der Waals surface area (Å²) in [6.45, 7) is 2.47. The van der Waals surface area contributed by atoms with Crippen LogP contribution >= 0.6 is 27.3 Å². The van der Waals surface area contributed by atoms with Gasteiger partial charge in [-0.3, -0.25) is 0 Å². The maximum Gasteiger partial charge on any atom is 0.245 e. The Morgan fingerprint density at radius 2 is 2.22 bits per heavy atom.